The van der Waals surface area contributed by atoms with Crippen LogP contribution < -0.4 is 5.32 Å². The van der Waals surface area contributed by atoms with Gasteiger partial charge in [0.15, 0.2) is 0 Å². The Morgan fingerprint density at radius 1 is 1.10 bits per heavy atom. The molecule has 0 bridgehead atoms. The van der Waals surface area contributed by atoms with Crippen LogP contribution in [0.15, 0.2) is 30.3 Å². The molecule has 2 nitrogen and oxygen atoms in total. The number of aryl methyl sites for hydroxylation is 2. The SMILES string of the molecule is Cc1cc(CNc2ccc(F)cc2C#N)cc(C)c1F. The summed E-state index contributed by atoms with van der Waals surface area (Å²) in [5.41, 5.74) is 2.89. The third-order valence-corrected chi connectivity index (χ3v) is 3.08. The first-order valence-corrected chi connectivity index (χ1v) is 6.20. The summed E-state index contributed by atoms with van der Waals surface area (Å²) in [4.78, 5) is 0. The Bertz CT molecular complexity index is 664. The largest absolute Gasteiger partial charge is 0.380 e. The number of nitrogens with zero attached hydrogens (tertiary/aromatic N) is 1. The summed E-state index contributed by atoms with van der Waals surface area (Å²) in [7, 11) is 0. The fraction of sp³-hybridized carbons (Fsp3) is 0.188. The highest BCUT2D eigenvalue weighted by Crippen LogP contribution is 2.19. The number of nitrogens with one attached hydrogen (secondary N) is 1. The first-order chi connectivity index (χ1) is 9.51. The van der Waals surface area contributed by atoms with Gasteiger partial charge in [-0.2, -0.15) is 5.26 Å². The number of nitriles is 1. The zero-order chi connectivity index (χ0) is 14.7. The Labute approximate surface area is 116 Å². The van der Waals surface area contributed by atoms with Gasteiger partial charge in [-0.3, -0.25) is 0 Å². The highest BCUT2D eigenvalue weighted by molar-refractivity contribution is 5.57. The molecule has 0 heterocycles. The van der Waals surface area contributed by atoms with Crippen LogP contribution in [0, 0.1) is 36.8 Å². The van der Waals surface area contributed by atoms with Crippen LogP contribution in [0.3, 0.4) is 0 Å². The minimum atomic E-state index is -0.444. The van der Waals surface area contributed by atoms with Crippen molar-refractivity contribution >= 4 is 5.69 Å². The van der Waals surface area contributed by atoms with E-state index >= 15 is 0 Å². The summed E-state index contributed by atoms with van der Waals surface area (Å²) in [5, 5.41) is 12.0. The third kappa shape index (κ3) is 2.94. The summed E-state index contributed by atoms with van der Waals surface area (Å²) >= 11 is 0. The van der Waals surface area contributed by atoms with Crippen LogP contribution in [0.5, 0.6) is 0 Å². The van der Waals surface area contributed by atoms with Crippen molar-refractivity contribution in [1.82, 2.24) is 0 Å². The molecule has 20 heavy (non-hydrogen) atoms. The molecular formula is C16H14F2N2. The number of hydrogen-bond acceptors (Lipinski definition) is 2. The second-order valence-corrected chi connectivity index (χ2v) is 4.70. The Hall–Kier alpha value is -2.41. The molecule has 0 aliphatic carbocycles. The van der Waals surface area contributed by atoms with Crippen molar-refractivity contribution in [3.05, 3.63) is 64.2 Å². The van der Waals surface area contributed by atoms with E-state index in [9.17, 15) is 8.78 Å². The van der Waals surface area contributed by atoms with Crippen LogP contribution >= 0.6 is 0 Å². The van der Waals surface area contributed by atoms with Gasteiger partial charge in [0.2, 0.25) is 0 Å². The van der Waals surface area contributed by atoms with Crippen LogP contribution in [-0.4, -0.2) is 0 Å². The molecule has 0 fully saturated rings. The van der Waals surface area contributed by atoms with E-state index in [0.717, 1.165) is 5.56 Å². The van der Waals surface area contributed by atoms with Crippen LogP contribution in [0.1, 0.15) is 22.3 Å². The van der Waals surface area contributed by atoms with E-state index in [2.05, 4.69) is 5.32 Å². The highest BCUT2D eigenvalue weighted by Gasteiger charge is 2.06. The molecule has 0 spiro atoms. The first-order valence-electron chi connectivity index (χ1n) is 6.20. The second kappa shape index (κ2) is 5.70. The fourth-order valence-corrected chi connectivity index (χ4v) is 2.10. The molecule has 2 aromatic carbocycles. The zero-order valence-corrected chi connectivity index (χ0v) is 11.3. The number of anilines is 1. The van der Waals surface area contributed by atoms with Crippen LogP contribution in [0.2, 0.25) is 0 Å². The molecule has 0 saturated carbocycles. The molecule has 2 rings (SSSR count). The molecule has 4 heteroatoms. The molecule has 0 aliphatic heterocycles. The maximum Gasteiger partial charge on any atom is 0.129 e. The first kappa shape index (κ1) is 14.0. The summed E-state index contributed by atoms with van der Waals surface area (Å²) in [6.07, 6.45) is 0. The van der Waals surface area contributed by atoms with Crippen LogP contribution in [-0.2, 0) is 6.54 Å². The van der Waals surface area contributed by atoms with Crippen molar-refractivity contribution in [1.29, 1.82) is 5.26 Å². The molecule has 1 N–H and O–H groups in total. The monoisotopic (exact) mass is 272 g/mol. The van der Waals surface area contributed by atoms with Gasteiger partial charge in [0.05, 0.1) is 11.3 Å². The van der Waals surface area contributed by atoms with E-state index in [1.165, 1.54) is 18.2 Å². The van der Waals surface area contributed by atoms with Gasteiger partial charge < -0.3 is 5.32 Å². The van der Waals surface area contributed by atoms with Gasteiger partial charge in [0.1, 0.15) is 17.7 Å². The molecule has 0 saturated heterocycles. The van der Waals surface area contributed by atoms with Gasteiger partial charge in [-0.15, -0.1) is 0 Å². The quantitative estimate of drug-likeness (QED) is 0.914. The topological polar surface area (TPSA) is 35.8 Å². The van der Waals surface area contributed by atoms with Crippen LogP contribution in [0.25, 0.3) is 0 Å². The van der Waals surface area contributed by atoms with Gasteiger partial charge in [0.25, 0.3) is 0 Å². The lowest BCUT2D eigenvalue weighted by molar-refractivity contribution is 0.608. The van der Waals surface area contributed by atoms with Gasteiger partial charge in [-0.25, -0.2) is 8.78 Å². The molecule has 0 amide bonds. The average molecular weight is 272 g/mol. The molecule has 0 radical (unpaired) electrons. The fourth-order valence-electron chi connectivity index (χ4n) is 2.10. The normalized spacial score (nSPS) is 10.2. The minimum Gasteiger partial charge on any atom is -0.380 e. The molecule has 0 unspecified atom stereocenters. The van der Waals surface area contributed by atoms with Gasteiger partial charge >= 0.3 is 0 Å². The Morgan fingerprint density at radius 3 is 2.35 bits per heavy atom. The van der Waals surface area contributed by atoms with E-state index in [1.807, 2.05) is 6.07 Å². The van der Waals surface area contributed by atoms with Crippen molar-refractivity contribution in [3.63, 3.8) is 0 Å². The predicted octanol–water partition coefficient (Wildman–Crippen LogP) is 4.07. The lowest BCUT2D eigenvalue weighted by Gasteiger charge is -2.10. The molecule has 102 valence electrons. The lowest BCUT2D eigenvalue weighted by atomic mass is 10.1. The summed E-state index contributed by atoms with van der Waals surface area (Å²) in [6, 6.07) is 9.46. The number of hydrogen-bond donors (Lipinski definition) is 1. The molecule has 0 aromatic heterocycles. The smallest absolute Gasteiger partial charge is 0.129 e. The number of rotatable bonds is 3. The van der Waals surface area contributed by atoms with E-state index < -0.39 is 5.82 Å². The van der Waals surface area contributed by atoms with Gasteiger partial charge in [0, 0.05) is 6.54 Å². The summed E-state index contributed by atoms with van der Waals surface area (Å²) < 4.78 is 26.6. The van der Waals surface area contributed by atoms with Crippen molar-refractivity contribution in [2.45, 2.75) is 20.4 Å². The standard InChI is InChI=1S/C16H14F2N2/c1-10-5-12(6-11(2)16(10)18)9-20-15-4-3-14(17)7-13(15)8-19/h3-7,20H,9H2,1-2H3. The molecule has 0 aliphatic rings. The Kier molecular flexibility index (Phi) is 3.99. The molecule has 2 aromatic rings. The Balaban J connectivity index is 2.19. The van der Waals surface area contributed by atoms with Crippen LogP contribution in [0.4, 0.5) is 14.5 Å². The van der Waals surface area contributed by atoms with E-state index in [4.69, 9.17) is 5.26 Å². The maximum absolute atomic E-state index is 13.5. The van der Waals surface area contributed by atoms with Crippen molar-refractivity contribution in [2.24, 2.45) is 0 Å². The lowest BCUT2D eigenvalue weighted by Crippen LogP contribution is -2.03. The zero-order valence-electron chi connectivity index (χ0n) is 11.3. The number of halogens is 2. The molecular weight excluding hydrogens is 258 g/mol. The maximum atomic E-state index is 13.5. The summed E-state index contributed by atoms with van der Waals surface area (Å²) in [5.74, 6) is -0.645. The van der Waals surface area contributed by atoms with Crippen molar-refractivity contribution in [2.75, 3.05) is 5.32 Å². The van der Waals surface area contributed by atoms with E-state index in [-0.39, 0.29) is 11.4 Å². The Morgan fingerprint density at radius 2 is 1.75 bits per heavy atom. The second-order valence-electron chi connectivity index (χ2n) is 4.70. The molecule has 0 atom stereocenters. The number of benzene rings is 2. The van der Waals surface area contributed by atoms with Gasteiger partial charge in [-0.05, 0) is 48.7 Å². The van der Waals surface area contributed by atoms with Gasteiger partial charge in [-0.1, -0.05) is 12.1 Å². The third-order valence-electron chi connectivity index (χ3n) is 3.08. The highest BCUT2D eigenvalue weighted by atomic mass is 19.1. The summed E-state index contributed by atoms with van der Waals surface area (Å²) in [6.45, 7) is 3.87. The average Bonchev–Trinajstić information content (AvgIpc) is 2.43. The minimum absolute atomic E-state index is 0.201. The van der Waals surface area contributed by atoms with E-state index in [0.29, 0.717) is 23.4 Å². The van der Waals surface area contributed by atoms with Crippen molar-refractivity contribution in [3.8, 4) is 6.07 Å². The van der Waals surface area contributed by atoms with E-state index in [1.54, 1.807) is 26.0 Å². The van der Waals surface area contributed by atoms with Crippen molar-refractivity contribution < 1.29 is 8.78 Å². The predicted molar refractivity (Wildman–Crippen MR) is 74.3 cm³/mol.